The van der Waals surface area contributed by atoms with E-state index in [0.29, 0.717) is 0 Å². The second-order valence-electron chi connectivity index (χ2n) is 2.78. The first-order valence-electron chi connectivity index (χ1n) is 3.99. The Labute approximate surface area is 91.0 Å². The van der Waals surface area contributed by atoms with Gasteiger partial charge in [0.2, 0.25) is 5.91 Å². The Morgan fingerprint density at radius 1 is 1.86 bits per heavy atom. The third-order valence-electron chi connectivity index (χ3n) is 1.56. The highest BCUT2D eigenvalue weighted by molar-refractivity contribution is 7.14. The molecule has 0 aliphatic carbocycles. The standard InChI is InChI=1S/C8H11ClN2O2S/c1-5(11-13-3-8(10)12)6-2-7(9)14-4-6/h2,4-5,11H,3H2,1H3,(H2,10,12). The molecule has 0 fully saturated rings. The molecule has 14 heavy (non-hydrogen) atoms. The van der Waals surface area contributed by atoms with E-state index in [2.05, 4.69) is 5.48 Å². The average Bonchev–Trinajstić information content (AvgIpc) is 2.51. The van der Waals surface area contributed by atoms with Crippen LogP contribution < -0.4 is 11.2 Å². The van der Waals surface area contributed by atoms with Crippen LogP contribution >= 0.6 is 22.9 Å². The molecule has 0 spiro atoms. The molecule has 4 nitrogen and oxygen atoms in total. The summed E-state index contributed by atoms with van der Waals surface area (Å²) in [6.45, 7) is 1.77. The molecule has 1 aromatic heterocycles. The number of nitrogens with two attached hydrogens (primary N) is 1. The van der Waals surface area contributed by atoms with E-state index >= 15 is 0 Å². The van der Waals surface area contributed by atoms with E-state index in [0.717, 1.165) is 9.90 Å². The monoisotopic (exact) mass is 234 g/mol. The fourth-order valence-corrected chi connectivity index (χ4v) is 1.84. The number of primary amides is 1. The van der Waals surface area contributed by atoms with E-state index in [1.54, 1.807) is 0 Å². The maximum Gasteiger partial charge on any atom is 0.245 e. The molecule has 0 aliphatic rings. The van der Waals surface area contributed by atoms with Crippen LogP contribution in [0.3, 0.4) is 0 Å². The summed E-state index contributed by atoms with van der Waals surface area (Å²) in [5, 5.41) is 1.92. The molecule has 0 aliphatic heterocycles. The maximum absolute atomic E-state index is 10.4. The van der Waals surface area contributed by atoms with Gasteiger partial charge in [0, 0.05) is 0 Å². The van der Waals surface area contributed by atoms with Crippen molar-refractivity contribution in [2.45, 2.75) is 13.0 Å². The normalized spacial score (nSPS) is 12.7. The first-order valence-corrected chi connectivity index (χ1v) is 5.25. The number of nitrogens with one attached hydrogen (secondary N) is 1. The van der Waals surface area contributed by atoms with Crippen molar-refractivity contribution in [3.63, 3.8) is 0 Å². The number of carbonyl (C=O) groups is 1. The van der Waals surface area contributed by atoms with Crippen LogP contribution in [0.4, 0.5) is 0 Å². The molecule has 1 unspecified atom stereocenters. The molecule has 6 heteroatoms. The zero-order valence-corrected chi connectivity index (χ0v) is 9.19. The van der Waals surface area contributed by atoms with Gasteiger partial charge in [0.25, 0.3) is 0 Å². The van der Waals surface area contributed by atoms with Crippen LogP contribution in [0.1, 0.15) is 18.5 Å². The lowest BCUT2D eigenvalue weighted by atomic mass is 10.2. The van der Waals surface area contributed by atoms with E-state index in [1.807, 2.05) is 18.4 Å². The zero-order chi connectivity index (χ0) is 10.6. The molecule has 78 valence electrons. The molecule has 0 radical (unpaired) electrons. The van der Waals surface area contributed by atoms with Crippen molar-refractivity contribution >= 4 is 28.8 Å². The fraction of sp³-hybridized carbons (Fsp3) is 0.375. The minimum Gasteiger partial charge on any atom is -0.368 e. The van der Waals surface area contributed by atoms with Crippen molar-refractivity contribution in [3.8, 4) is 0 Å². The number of thiophene rings is 1. The second-order valence-corrected chi connectivity index (χ2v) is 4.32. The van der Waals surface area contributed by atoms with Crippen molar-refractivity contribution < 1.29 is 9.63 Å². The number of carbonyl (C=O) groups excluding carboxylic acids is 1. The highest BCUT2D eigenvalue weighted by Gasteiger charge is 2.07. The predicted octanol–water partition coefficient (Wildman–Crippen LogP) is 1.47. The summed E-state index contributed by atoms with van der Waals surface area (Å²) in [6.07, 6.45) is 0. The van der Waals surface area contributed by atoms with Crippen LogP contribution in [0.5, 0.6) is 0 Å². The van der Waals surface area contributed by atoms with Crippen molar-refractivity contribution in [1.82, 2.24) is 5.48 Å². The first kappa shape index (κ1) is 11.5. The van der Waals surface area contributed by atoms with Gasteiger partial charge < -0.3 is 5.73 Å². The molecule has 0 bridgehead atoms. The number of rotatable bonds is 5. The Balaban J connectivity index is 2.35. The lowest BCUT2D eigenvalue weighted by molar-refractivity contribution is -0.126. The topological polar surface area (TPSA) is 64.3 Å². The van der Waals surface area contributed by atoms with Gasteiger partial charge in [-0.2, -0.15) is 5.48 Å². The number of halogens is 1. The molecule has 3 N–H and O–H groups in total. The van der Waals surface area contributed by atoms with Gasteiger partial charge in [-0.3, -0.25) is 9.63 Å². The van der Waals surface area contributed by atoms with Gasteiger partial charge in [-0.15, -0.1) is 11.3 Å². The average molecular weight is 235 g/mol. The summed E-state index contributed by atoms with van der Waals surface area (Å²) in [5.74, 6) is -0.506. The number of hydrogen-bond acceptors (Lipinski definition) is 4. The molecule has 0 saturated heterocycles. The SMILES string of the molecule is CC(NOCC(N)=O)c1csc(Cl)c1. The van der Waals surface area contributed by atoms with Crippen LogP contribution in [-0.4, -0.2) is 12.5 Å². The Hall–Kier alpha value is -0.620. The van der Waals surface area contributed by atoms with E-state index in [4.69, 9.17) is 22.2 Å². The van der Waals surface area contributed by atoms with Gasteiger partial charge in [0.1, 0.15) is 6.61 Å². The van der Waals surface area contributed by atoms with Gasteiger partial charge in [-0.1, -0.05) is 11.6 Å². The van der Waals surface area contributed by atoms with E-state index < -0.39 is 5.91 Å². The molecule has 1 atom stereocenters. The Bertz CT molecular complexity index is 316. The molecule has 0 aromatic carbocycles. The quantitative estimate of drug-likeness (QED) is 0.759. The Morgan fingerprint density at radius 3 is 3.07 bits per heavy atom. The van der Waals surface area contributed by atoms with E-state index in [9.17, 15) is 4.79 Å². The lowest BCUT2D eigenvalue weighted by Crippen LogP contribution is -2.26. The molecule has 1 amide bonds. The minimum atomic E-state index is -0.506. The Morgan fingerprint density at radius 2 is 2.57 bits per heavy atom. The highest BCUT2D eigenvalue weighted by Crippen LogP contribution is 2.24. The van der Waals surface area contributed by atoms with E-state index in [-0.39, 0.29) is 12.6 Å². The summed E-state index contributed by atoms with van der Waals surface area (Å²) in [7, 11) is 0. The molecule has 1 aromatic rings. The van der Waals surface area contributed by atoms with E-state index in [1.165, 1.54) is 11.3 Å². The first-order chi connectivity index (χ1) is 6.59. The number of amides is 1. The van der Waals surface area contributed by atoms with Gasteiger partial charge in [0.05, 0.1) is 10.4 Å². The van der Waals surface area contributed by atoms with Crippen molar-refractivity contribution in [2.75, 3.05) is 6.61 Å². The summed E-state index contributed by atoms with van der Waals surface area (Å²) in [6, 6.07) is 1.83. The lowest BCUT2D eigenvalue weighted by Gasteiger charge is -2.10. The largest absolute Gasteiger partial charge is 0.368 e. The van der Waals surface area contributed by atoms with Crippen LogP contribution in [-0.2, 0) is 9.63 Å². The van der Waals surface area contributed by atoms with Crippen molar-refractivity contribution in [1.29, 1.82) is 0 Å². The third-order valence-corrected chi connectivity index (χ3v) is 2.67. The van der Waals surface area contributed by atoms with Crippen LogP contribution in [0.15, 0.2) is 11.4 Å². The van der Waals surface area contributed by atoms with Gasteiger partial charge in [0.15, 0.2) is 0 Å². The van der Waals surface area contributed by atoms with Crippen molar-refractivity contribution in [3.05, 3.63) is 21.3 Å². The fourth-order valence-electron chi connectivity index (χ4n) is 0.856. The predicted molar refractivity (Wildman–Crippen MR) is 56.0 cm³/mol. The minimum absolute atomic E-state index is 0.0156. The molecule has 1 heterocycles. The molecular formula is C8H11ClN2O2S. The maximum atomic E-state index is 10.4. The van der Waals surface area contributed by atoms with Gasteiger partial charge in [-0.05, 0) is 23.9 Å². The summed E-state index contributed by atoms with van der Waals surface area (Å²) >= 11 is 7.22. The molecule has 1 rings (SSSR count). The molecular weight excluding hydrogens is 224 g/mol. The van der Waals surface area contributed by atoms with Crippen LogP contribution in [0.2, 0.25) is 4.34 Å². The highest BCUT2D eigenvalue weighted by atomic mass is 35.5. The van der Waals surface area contributed by atoms with Crippen molar-refractivity contribution in [2.24, 2.45) is 5.73 Å². The summed E-state index contributed by atoms with van der Waals surface area (Å²) in [5.41, 5.74) is 8.61. The molecule has 0 saturated carbocycles. The van der Waals surface area contributed by atoms with Gasteiger partial charge in [-0.25, -0.2) is 0 Å². The summed E-state index contributed by atoms with van der Waals surface area (Å²) in [4.78, 5) is 15.2. The Kier molecular flexibility index (Phi) is 4.34. The smallest absolute Gasteiger partial charge is 0.245 e. The third kappa shape index (κ3) is 3.63. The van der Waals surface area contributed by atoms with Crippen LogP contribution in [0.25, 0.3) is 0 Å². The number of hydroxylamine groups is 1. The summed E-state index contributed by atoms with van der Waals surface area (Å²) < 4.78 is 0.726. The van der Waals surface area contributed by atoms with Gasteiger partial charge >= 0.3 is 0 Å². The zero-order valence-electron chi connectivity index (χ0n) is 7.62. The second kappa shape index (κ2) is 5.31. The van der Waals surface area contributed by atoms with Crippen LogP contribution in [0, 0.1) is 0 Å². The number of hydrogen-bond donors (Lipinski definition) is 2.